The third-order valence-corrected chi connectivity index (χ3v) is 5.24. The summed E-state index contributed by atoms with van der Waals surface area (Å²) in [5.41, 5.74) is 2.91. The van der Waals surface area contributed by atoms with Crippen LogP contribution in [0.3, 0.4) is 0 Å². The molecule has 0 saturated carbocycles. The number of ether oxygens (including phenoxy) is 2. The van der Waals surface area contributed by atoms with Gasteiger partial charge in [-0.1, -0.05) is 6.07 Å². The number of ketones is 2. The summed E-state index contributed by atoms with van der Waals surface area (Å²) in [5, 5.41) is 0.667. The van der Waals surface area contributed by atoms with Crippen molar-refractivity contribution in [2.75, 3.05) is 7.11 Å². The van der Waals surface area contributed by atoms with Crippen molar-refractivity contribution in [1.82, 2.24) is 9.97 Å². The minimum atomic E-state index is -0.360. The highest BCUT2D eigenvalue weighted by molar-refractivity contribution is 6.11. The van der Waals surface area contributed by atoms with Crippen LogP contribution in [0.4, 0.5) is 4.39 Å². The third kappa shape index (κ3) is 6.29. The van der Waals surface area contributed by atoms with Gasteiger partial charge in [0.1, 0.15) is 23.9 Å². The van der Waals surface area contributed by atoms with E-state index in [9.17, 15) is 14.0 Å². The van der Waals surface area contributed by atoms with Crippen molar-refractivity contribution in [2.24, 2.45) is 0 Å². The lowest BCUT2D eigenvalue weighted by atomic mass is 10.1. The number of aromatic nitrogens is 2. The summed E-state index contributed by atoms with van der Waals surface area (Å²) >= 11 is 0. The zero-order valence-electron chi connectivity index (χ0n) is 19.0. The molecular formula is C28H23FN2O4. The Kier molecular flexibility index (Phi) is 7.47. The standard InChI is InChI=1S/C28H23FN2O4/c1-34-28-16-25(35-18-22-4-2-3-13-30-22)11-7-19(28)5-9-23(32)15-24(33)10-6-20-17-31-27-12-8-21(29)14-26(20)27/h2-14,16-17,31H,15,18H2,1H3. The van der Waals surface area contributed by atoms with Crippen molar-refractivity contribution in [3.8, 4) is 11.5 Å². The highest BCUT2D eigenvalue weighted by atomic mass is 19.1. The summed E-state index contributed by atoms with van der Waals surface area (Å²) in [7, 11) is 1.53. The second kappa shape index (κ2) is 11.1. The molecule has 0 aliphatic heterocycles. The Morgan fingerprint density at radius 1 is 1.00 bits per heavy atom. The molecule has 4 rings (SSSR count). The summed E-state index contributed by atoms with van der Waals surface area (Å²) in [6.45, 7) is 0.320. The Morgan fingerprint density at radius 2 is 1.80 bits per heavy atom. The van der Waals surface area contributed by atoms with E-state index in [2.05, 4.69) is 9.97 Å². The summed E-state index contributed by atoms with van der Waals surface area (Å²) in [5.74, 6) is 0.0817. The molecule has 35 heavy (non-hydrogen) atoms. The molecule has 2 heterocycles. The minimum absolute atomic E-state index is 0.280. The summed E-state index contributed by atoms with van der Waals surface area (Å²) in [6, 6.07) is 15.3. The van der Waals surface area contributed by atoms with Crippen molar-refractivity contribution >= 4 is 34.6 Å². The quantitative estimate of drug-likeness (QED) is 0.243. The van der Waals surface area contributed by atoms with Crippen LogP contribution >= 0.6 is 0 Å². The Balaban J connectivity index is 1.35. The van der Waals surface area contributed by atoms with Crippen LogP contribution in [0.25, 0.3) is 23.1 Å². The maximum absolute atomic E-state index is 13.5. The number of nitrogens with one attached hydrogen (secondary N) is 1. The Bertz CT molecular complexity index is 1410. The van der Waals surface area contributed by atoms with Crippen molar-refractivity contribution < 1.29 is 23.5 Å². The van der Waals surface area contributed by atoms with Crippen molar-refractivity contribution in [2.45, 2.75) is 13.0 Å². The summed E-state index contributed by atoms with van der Waals surface area (Å²) < 4.78 is 24.7. The number of rotatable bonds is 10. The number of pyridine rings is 1. The molecule has 4 aromatic rings. The monoisotopic (exact) mass is 470 g/mol. The molecule has 1 N–H and O–H groups in total. The predicted molar refractivity (Wildman–Crippen MR) is 133 cm³/mol. The van der Waals surface area contributed by atoms with Gasteiger partial charge >= 0.3 is 0 Å². The molecule has 0 fully saturated rings. The Morgan fingerprint density at radius 3 is 2.54 bits per heavy atom. The zero-order chi connectivity index (χ0) is 24.6. The van der Waals surface area contributed by atoms with E-state index in [1.807, 2.05) is 18.2 Å². The van der Waals surface area contributed by atoms with E-state index in [-0.39, 0.29) is 23.8 Å². The Labute approximate surface area is 201 Å². The first-order valence-corrected chi connectivity index (χ1v) is 10.9. The zero-order valence-corrected chi connectivity index (χ0v) is 19.0. The van der Waals surface area contributed by atoms with Crippen LogP contribution < -0.4 is 9.47 Å². The number of halogens is 1. The van der Waals surface area contributed by atoms with E-state index in [0.29, 0.717) is 34.6 Å². The number of allylic oxidation sites excluding steroid dienone is 2. The van der Waals surface area contributed by atoms with E-state index >= 15 is 0 Å². The molecule has 0 bridgehead atoms. The molecule has 0 atom stereocenters. The topological polar surface area (TPSA) is 81.3 Å². The molecule has 0 saturated heterocycles. The van der Waals surface area contributed by atoms with Crippen molar-refractivity contribution in [3.63, 3.8) is 0 Å². The van der Waals surface area contributed by atoms with Crippen LogP contribution in [0, 0.1) is 5.82 Å². The van der Waals surface area contributed by atoms with Crippen molar-refractivity contribution in [1.29, 1.82) is 0 Å². The summed E-state index contributed by atoms with van der Waals surface area (Å²) in [6.07, 6.45) is 8.96. The van der Waals surface area contributed by atoms with Crippen LogP contribution in [0.15, 0.2) is 79.1 Å². The molecule has 0 aliphatic rings. The fourth-order valence-electron chi connectivity index (χ4n) is 3.47. The van der Waals surface area contributed by atoms with Crippen LogP contribution in [-0.4, -0.2) is 28.6 Å². The molecule has 0 aliphatic carbocycles. The number of fused-ring (bicyclic) bond motifs is 1. The lowest BCUT2D eigenvalue weighted by Gasteiger charge is -2.09. The van der Waals surface area contributed by atoms with Gasteiger partial charge in [0.2, 0.25) is 0 Å². The molecule has 0 unspecified atom stereocenters. The number of H-pyrrole nitrogens is 1. The third-order valence-electron chi connectivity index (χ3n) is 5.24. The minimum Gasteiger partial charge on any atom is -0.496 e. The fourth-order valence-corrected chi connectivity index (χ4v) is 3.47. The number of nitrogens with zero attached hydrogens (tertiary/aromatic N) is 1. The maximum Gasteiger partial charge on any atom is 0.163 e. The number of benzene rings is 2. The lowest BCUT2D eigenvalue weighted by Crippen LogP contribution is -2.02. The number of carbonyl (C=O) groups excluding carboxylic acids is 2. The van der Waals surface area contributed by atoms with Gasteiger partial charge in [-0.25, -0.2) is 4.39 Å². The van der Waals surface area contributed by atoms with Gasteiger partial charge in [-0.15, -0.1) is 0 Å². The van der Waals surface area contributed by atoms with Gasteiger partial charge in [-0.2, -0.15) is 0 Å². The predicted octanol–water partition coefficient (Wildman–Crippen LogP) is 5.54. The molecule has 176 valence electrons. The molecule has 2 aromatic carbocycles. The second-order valence-electron chi connectivity index (χ2n) is 7.72. The number of methoxy groups -OCH3 is 1. The van der Waals surface area contributed by atoms with Gasteiger partial charge < -0.3 is 14.5 Å². The highest BCUT2D eigenvalue weighted by Gasteiger charge is 2.08. The summed E-state index contributed by atoms with van der Waals surface area (Å²) in [4.78, 5) is 31.8. The molecule has 2 aromatic heterocycles. The number of hydrogen-bond acceptors (Lipinski definition) is 5. The van der Waals surface area contributed by atoms with Crippen molar-refractivity contribution in [3.05, 3.63) is 102 Å². The number of hydrogen-bond donors (Lipinski definition) is 1. The Hall–Kier alpha value is -4.52. The molecule has 0 amide bonds. The second-order valence-corrected chi connectivity index (χ2v) is 7.72. The van der Waals surface area contributed by atoms with Gasteiger partial charge in [-0.05, 0) is 72.3 Å². The normalized spacial score (nSPS) is 11.4. The van der Waals surface area contributed by atoms with Gasteiger partial charge in [0.25, 0.3) is 0 Å². The molecule has 0 radical (unpaired) electrons. The van der Waals surface area contributed by atoms with E-state index in [0.717, 1.165) is 11.2 Å². The highest BCUT2D eigenvalue weighted by Crippen LogP contribution is 2.26. The van der Waals surface area contributed by atoms with Crippen LogP contribution in [0.5, 0.6) is 11.5 Å². The number of aromatic amines is 1. The number of carbonyl (C=O) groups is 2. The first-order chi connectivity index (χ1) is 17.0. The molecule has 0 spiro atoms. The van der Waals surface area contributed by atoms with E-state index in [1.165, 1.54) is 31.4 Å². The van der Waals surface area contributed by atoms with Gasteiger partial charge in [0, 0.05) is 34.9 Å². The fraction of sp³-hybridized carbons (Fsp3) is 0.107. The average Bonchev–Trinajstić information content (AvgIpc) is 3.27. The van der Waals surface area contributed by atoms with E-state index < -0.39 is 0 Å². The maximum atomic E-state index is 13.5. The molecule has 7 heteroatoms. The van der Waals surface area contributed by atoms with Crippen LogP contribution in [0.1, 0.15) is 23.2 Å². The smallest absolute Gasteiger partial charge is 0.163 e. The first kappa shape index (κ1) is 23.6. The van der Waals surface area contributed by atoms with Crippen LogP contribution in [-0.2, 0) is 16.2 Å². The molecular weight excluding hydrogens is 447 g/mol. The average molecular weight is 471 g/mol. The van der Waals surface area contributed by atoms with E-state index in [4.69, 9.17) is 9.47 Å². The van der Waals surface area contributed by atoms with E-state index in [1.54, 1.807) is 48.8 Å². The van der Waals surface area contributed by atoms with Gasteiger partial charge in [-0.3, -0.25) is 14.6 Å². The largest absolute Gasteiger partial charge is 0.496 e. The lowest BCUT2D eigenvalue weighted by molar-refractivity contribution is -0.121. The van der Waals surface area contributed by atoms with Crippen LogP contribution in [0.2, 0.25) is 0 Å². The molecule has 6 nitrogen and oxygen atoms in total. The van der Waals surface area contributed by atoms with Gasteiger partial charge in [0.15, 0.2) is 11.6 Å². The first-order valence-electron chi connectivity index (χ1n) is 10.9. The van der Waals surface area contributed by atoms with Gasteiger partial charge in [0.05, 0.1) is 19.2 Å². The SMILES string of the molecule is COc1cc(OCc2ccccn2)ccc1C=CC(=O)CC(=O)C=Cc1c[nH]c2ccc(F)cc12.